The Balaban J connectivity index is 1.60. The highest BCUT2D eigenvalue weighted by molar-refractivity contribution is 6.30. The number of carbonyl (C=O) groups excluding carboxylic acids is 1. The third-order valence-electron chi connectivity index (χ3n) is 4.94. The molecule has 2 aromatic rings. The van der Waals surface area contributed by atoms with Gasteiger partial charge in [0.25, 0.3) is 11.6 Å². The van der Waals surface area contributed by atoms with Crippen LogP contribution in [0.2, 0.25) is 5.02 Å². The molecule has 7 nitrogen and oxygen atoms in total. The maximum Gasteiger partial charge on any atom is 0.292 e. The van der Waals surface area contributed by atoms with Crippen molar-refractivity contribution in [2.45, 2.75) is 13.0 Å². The third-order valence-corrected chi connectivity index (χ3v) is 5.18. The van der Waals surface area contributed by atoms with Crippen LogP contribution in [0.4, 0.5) is 17.1 Å². The third kappa shape index (κ3) is 4.56. The van der Waals surface area contributed by atoms with Crippen LogP contribution in [-0.4, -0.2) is 43.1 Å². The van der Waals surface area contributed by atoms with Gasteiger partial charge in [0.2, 0.25) is 0 Å². The van der Waals surface area contributed by atoms with Gasteiger partial charge in [-0.15, -0.1) is 0 Å². The van der Waals surface area contributed by atoms with Crippen LogP contribution in [0.15, 0.2) is 48.5 Å². The minimum atomic E-state index is -0.489. The molecule has 0 saturated carbocycles. The average Bonchev–Trinajstić information content (AvgIpc) is 2.67. The van der Waals surface area contributed by atoms with Crippen molar-refractivity contribution in [3.63, 3.8) is 0 Å². The molecule has 0 aliphatic carbocycles. The fraction of sp³-hybridized carbons (Fsp3) is 0.316. The van der Waals surface area contributed by atoms with Gasteiger partial charge in [0.15, 0.2) is 6.04 Å². The summed E-state index contributed by atoms with van der Waals surface area (Å²) in [5.41, 5.74) is 1.22. The summed E-state index contributed by atoms with van der Waals surface area (Å²) in [5, 5.41) is 14.5. The van der Waals surface area contributed by atoms with Crippen LogP contribution in [0.1, 0.15) is 6.92 Å². The van der Waals surface area contributed by atoms with Crippen LogP contribution >= 0.6 is 11.6 Å². The molecule has 0 unspecified atom stereocenters. The fourth-order valence-electron chi connectivity index (χ4n) is 3.32. The summed E-state index contributed by atoms with van der Waals surface area (Å²) >= 11 is 6.06. The highest BCUT2D eigenvalue weighted by atomic mass is 35.5. The van der Waals surface area contributed by atoms with Gasteiger partial charge in [-0.05, 0) is 31.2 Å². The van der Waals surface area contributed by atoms with E-state index in [1.165, 1.54) is 6.07 Å². The Morgan fingerprint density at radius 1 is 1.22 bits per heavy atom. The zero-order valence-electron chi connectivity index (χ0n) is 15.0. The number of nitro benzene ring substituents is 1. The van der Waals surface area contributed by atoms with E-state index in [4.69, 9.17) is 11.6 Å². The molecule has 0 spiro atoms. The van der Waals surface area contributed by atoms with E-state index < -0.39 is 4.92 Å². The van der Waals surface area contributed by atoms with Gasteiger partial charge in [0, 0.05) is 16.8 Å². The Morgan fingerprint density at radius 3 is 2.59 bits per heavy atom. The van der Waals surface area contributed by atoms with Crippen molar-refractivity contribution < 1.29 is 14.6 Å². The van der Waals surface area contributed by atoms with Gasteiger partial charge in [0.1, 0.15) is 5.69 Å². The maximum absolute atomic E-state index is 12.6. The van der Waals surface area contributed by atoms with E-state index in [0.717, 1.165) is 36.8 Å². The quantitative estimate of drug-likeness (QED) is 0.605. The molecule has 3 rings (SSSR count). The molecule has 0 bridgehead atoms. The van der Waals surface area contributed by atoms with Crippen molar-refractivity contribution >= 4 is 34.6 Å². The molecule has 27 heavy (non-hydrogen) atoms. The first kappa shape index (κ1) is 19.1. The molecule has 0 aromatic heterocycles. The van der Waals surface area contributed by atoms with E-state index >= 15 is 0 Å². The first-order valence-corrected chi connectivity index (χ1v) is 9.23. The summed E-state index contributed by atoms with van der Waals surface area (Å²) in [6.45, 7) is 5.10. The molecule has 0 radical (unpaired) electrons. The molecule has 2 aromatic carbocycles. The van der Waals surface area contributed by atoms with Crippen LogP contribution in [0, 0.1) is 10.1 Å². The van der Waals surface area contributed by atoms with Gasteiger partial charge in [0.05, 0.1) is 31.1 Å². The number of para-hydroxylation sites is 2. The molecular formula is C19H22ClN4O3+. The minimum absolute atomic E-state index is 0.0983. The second kappa shape index (κ2) is 8.37. The Hall–Kier alpha value is -2.64. The summed E-state index contributed by atoms with van der Waals surface area (Å²) in [5.74, 6) is -0.212. The molecule has 8 heteroatoms. The van der Waals surface area contributed by atoms with E-state index in [9.17, 15) is 14.9 Å². The molecule has 1 heterocycles. The van der Waals surface area contributed by atoms with Crippen LogP contribution in [-0.2, 0) is 4.79 Å². The molecule has 142 valence electrons. The zero-order chi connectivity index (χ0) is 19.4. The molecule has 1 saturated heterocycles. The Bertz CT molecular complexity index is 837. The lowest BCUT2D eigenvalue weighted by molar-refractivity contribution is -0.914. The Kier molecular flexibility index (Phi) is 5.93. The number of anilines is 2. The topological polar surface area (TPSA) is 79.9 Å². The first-order chi connectivity index (χ1) is 13.0. The van der Waals surface area contributed by atoms with Crippen LogP contribution in [0.5, 0.6) is 0 Å². The van der Waals surface area contributed by atoms with Gasteiger partial charge in [-0.3, -0.25) is 14.9 Å². The standard InChI is InChI=1S/C19H21ClN4O3/c1-14(19(25)21-17-7-2-3-8-18(17)24(26)27)22-9-11-23(12-10-22)16-6-4-5-15(20)13-16/h2-8,13-14H,9-12H2,1H3,(H,21,25)/p+1/t14-/m1/s1. The highest BCUT2D eigenvalue weighted by Crippen LogP contribution is 2.23. The number of rotatable bonds is 5. The number of carbonyl (C=O) groups is 1. The number of piperazine rings is 1. The lowest BCUT2D eigenvalue weighted by Gasteiger charge is -2.36. The van der Waals surface area contributed by atoms with E-state index in [1.807, 2.05) is 31.2 Å². The summed E-state index contributed by atoms with van der Waals surface area (Å²) in [7, 11) is 0. The predicted octanol–water partition coefficient (Wildman–Crippen LogP) is 1.98. The molecule has 1 aliphatic heterocycles. The summed E-state index contributed by atoms with van der Waals surface area (Å²) < 4.78 is 0. The second-order valence-electron chi connectivity index (χ2n) is 6.61. The fourth-order valence-corrected chi connectivity index (χ4v) is 3.51. The molecule has 2 N–H and O–H groups in total. The Morgan fingerprint density at radius 2 is 1.93 bits per heavy atom. The van der Waals surface area contributed by atoms with Crippen molar-refractivity contribution in [3.8, 4) is 0 Å². The minimum Gasteiger partial charge on any atom is -0.360 e. The van der Waals surface area contributed by atoms with Crippen molar-refractivity contribution in [2.75, 3.05) is 36.4 Å². The lowest BCUT2D eigenvalue weighted by Crippen LogP contribution is -3.19. The summed E-state index contributed by atoms with van der Waals surface area (Å²) in [6.07, 6.45) is 0. The van der Waals surface area contributed by atoms with Crippen molar-refractivity contribution in [1.82, 2.24) is 0 Å². The van der Waals surface area contributed by atoms with Gasteiger partial charge in [-0.25, -0.2) is 0 Å². The number of nitrogens with zero attached hydrogens (tertiary/aromatic N) is 2. The number of hydrogen-bond donors (Lipinski definition) is 2. The number of nitrogens with one attached hydrogen (secondary N) is 2. The van der Waals surface area contributed by atoms with Gasteiger partial charge < -0.3 is 15.1 Å². The smallest absolute Gasteiger partial charge is 0.292 e. The van der Waals surface area contributed by atoms with Gasteiger partial charge in [-0.2, -0.15) is 0 Å². The maximum atomic E-state index is 12.6. The van der Waals surface area contributed by atoms with Crippen molar-refractivity contribution in [3.05, 3.63) is 63.7 Å². The largest absolute Gasteiger partial charge is 0.360 e. The van der Waals surface area contributed by atoms with Crippen LogP contribution < -0.4 is 15.1 Å². The van der Waals surface area contributed by atoms with Crippen LogP contribution in [0.25, 0.3) is 0 Å². The second-order valence-corrected chi connectivity index (χ2v) is 7.05. The number of quaternary nitrogens is 1. The summed E-state index contributed by atoms with van der Waals surface area (Å²) in [6, 6.07) is 13.6. The number of hydrogen-bond acceptors (Lipinski definition) is 4. The van der Waals surface area contributed by atoms with Crippen molar-refractivity contribution in [1.29, 1.82) is 0 Å². The predicted molar refractivity (Wildman–Crippen MR) is 106 cm³/mol. The van der Waals surface area contributed by atoms with Gasteiger partial charge >= 0.3 is 0 Å². The molecule has 1 atom stereocenters. The average molecular weight is 390 g/mol. The first-order valence-electron chi connectivity index (χ1n) is 8.85. The van der Waals surface area contributed by atoms with E-state index in [2.05, 4.69) is 10.2 Å². The normalized spacial score (nSPS) is 16.0. The molecule has 1 fully saturated rings. The molecule has 1 aliphatic rings. The SMILES string of the molecule is C[C@H](C(=O)Nc1ccccc1[N+](=O)[O-])[NH+]1CCN(c2cccc(Cl)c2)CC1. The molecule has 1 amide bonds. The lowest BCUT2D eigenvalue weighted by atomic mass is 10.2. The Labute approximate surface area is 162 Å². The van der Waals surface area contributed by atoms with Crippen LogP contribution in [0.3, 0.4) is 0 Å². The van der Waals surface area contributed by atoms with E-state index in [-0.39, 0.29) is 23.3 Å². The van der Waals surface area contributed by atoms with Gasteiger partial charge in [-0.1, -0.05) is 29.8 Å². The number of amides is 1. The monoisotopic (exact) mass is 389 g/mol. The molecular weight excluding hydrogens is 368 g/mol. The number of benzene rings is 2. The van der Waals surface area contributed by atoms with E-state index in [1.54, 1.807) is 18.2 Å². The number of halogens is 1. The van der Waals surface area contributed by atoms with E-state index in [0.29, 0.717) is 5.02 Å². The summed E-state index contributed by atoms with van der Waals surface area (Å²) in [4.78, 5) is 26.6. The zero-order valence-corrected chi connectivity index (χ0v) is 15.8. The van der Waals surface area contributed by atoms with Crippen molar-refractivity contribution in [2.24, 2.45) is 0 Å². The highest BCUT2D eigenvalue weighted by Gasteiger charge is 2.30. The number of nitro groups is 1.